The summed E-state index contributed by atoms with van der Waals surface area (Å²) in [5, 5.41) is 17.3. The van der Waals surface area contributed by atoms with Crippen LogP contribution >= 0.6 is 0 Å². The number of amides is 1. The highest BCUT2D eigenvalue weighted by Gasteiger charge is 2.61. The Kier molecular flexibility index (Phi) is 8.56. The second-order valence-corrected chi connectivity index (χ2v) is 15.5. The highest BCUT2D eigenvalue weighted by Crippen LogP contribution is 2.59. The summed E-state index contributed by atoms with van der Waals surface area (Å²) in [7, 11) is 0. The zero-order valence-electron chi connectivity index (χ0n) is 29.9. The predicted molar refractivity (Wildman–Crippen MR) is 185 cm³/mol. The van der Waals surface area contributed by atoms with Crippen LogP contribution in [-0.4, -0.2) is 45.1 Å². The number of esters is 1. The summed E-state index contributed by atoms with van der Waals surface area (Å²) in [6.45, 7) is 12.7. The number of ketones is 1. The van der Waals surface area contributed by atoms with Gasteiger partial charge >= 0.3 is 5.97 Å². The number of fused-ring (bicyclic) bond motifs is 4. The average Bonchev–Trinajstić information content (AvgIpc) is 3.85. The molecule has 5 heterocycles. The third-order valence-electron chi connectivity index (χ3n) is 9.96. The first-order valence-corrected chi connectivity index (χ1v) is 17.5. The topological polar surface area (TPSA) is 166 Å². The van der Waals surface area contributed by atoms with E-state index in [1.807, 2.05) is 56.3 Å². The Morgan fingerprint density at radius 3 is 2.55 bits per heavy atom. The molecule has 3 aliphatic heterocycles. The van der Waals surface area contributed by atoms with Gasteiger partial charge in [-0.1, -0.05) is 58.0 Å². The molecular weight excluding hydrogens is 652 g/mol. The normalized spacial score (nSPS) is 22.6. The van der Waals surface area contributed by atoms with E-state index in [0.29, 0.717) is 22.9 Å². The van der Waals surface area contributed by atoms with Gasteiger partial charge in [-0.15, -0.1) is 0 Å². The van der Waals surface area contributed by atoms with E-state index in [-0.39, 0.29) is 60.7 Å². The maximum atomic E-state index is 14.1. The van der Waals surface area contributed by atoms with Crippen LogP contribution in [0, 0.1) is 23.2 Å². The fourth-order valence-corrected chi connectivity index (χ4v) is 7.14. The second-order valence-electron chi connectivity index (χ2n) is 15.5. The van der Waals surface area contributed by atoms with Crippen LogP contribution in [0.4, 0.5) is 5.69 Å². The third kappa shape index (κ3) is 5.88. The van der Waals surface area contributed by atoms with Crippen LogP contribution in [0.1, 0.15) is 95.0 Å². The van der Waals surface area contributed by atoms with Gasteiger partial charge in [-0.2, -0.15) is 0 Å². The zero-order valence-corrected chi connectivity index (χ0v) is 29.9. The van der Waals surface area contributed by atoms with Gasteiger partial charge in [-0.3, -0.25) is 14.4 Å². The molecule has 0 aliphatic carbocycles. The standard InChI is InChI=1S/C39H44N4O8/c1-19(2)29-35-43-30(34-40-23(17-48-34)18-49-37(47)38(5,6)7)32(51-35)39-24-10-8-9-11-26(24)41-36(39)50-28-13-12-21(15-25(28)39)14-22(33(46)42-29)16-27(44)31(45)20(3)4/h8-13,15,17,19-20,22,29,31,36,41,45H,14,16,18H2,1-7H3,(H,42,46)/t22-,29+,31+,36+,39?/m1/s1. The van der Waals surface area contributed by atoms with E-state index in [1.54, 1.807) is 34.6 Å². The minimum Gasteiger partial charge on any atom is -0.469 e. The molecule has 1 amide bonds. The molecule has 1 unspecified atom stereocenters. The fourth-order valence-electron chi connectivity index (χ4n) is 7.14. The van der Waals surface area contributed by atoms with Crippen LogP contribution in [-0.2, 0) is 37.6 Å². The number of carbonyl (C=O) groups excluding carboxylic acids is 3. The maximum absolute atomic E-state index is 14.1. The second kappa shape index (κ2) is 12.7. The summed E-state index contributed by atoms with van der Waals surface area (Å²) < 4.78 is 25.0. The Hall–Kier alpha value is -4.97. The number of ether oxygens (including phenoxy) is 2. The summed E-state index contributed by atoms with van der Waals surface area (Å²) >= 11 is 0. The van der Waals surface area contributed by atoms with E-state index in [2.05, 4.69) is 10.6 Å². The molecule has 0 saturated heterocycles. The summed E-state index contributed by atoms with van der Waals surface area (Å²) in [5.41, 5.74) is 2.33. The number of para-hydroxylation sites is 1. The Bertz CT molecular complexity index is 2010. The smallest absolute Gasteiger partial charge is 0.311 e. The number of hydrogen-bond donors (Lipinski definition) is 3. The van der Waals surface area contributed by atoms with E-state index in [0.717, 1.165) is 22.4 Å². The van der Waals surface area contributed by atoms with Gasteiger partial charge in [0.05, 0.1) is 5.41 Å². The molecule has 5 atom stereocenters. The number of hydrogen-bond acceptors (Lipinski definition) is 11. The van der Waals surface area contributed by atoms with Gasteiger partial charge in [0.25, 0.3) is 0 Å². The van der Waals surface area contributed by atoms with E-state index < -0.39 is 35.1 Å². The molecule has 3 aliphatic rings. The Morgan fingerprint density at radius 1 is 1.06 bits per heavy atom. The first kappa shape index (κ1) is 34.5. The van der Waals surface area contributed by atoms with Crippen molar-refractivity contribution in [2.24, 2.45) is 23.2 Å². The summed E-state index contributed by atoms with van der Waals surface area (Å²) in [6.07, 6.45) is -0.262. The molecule has 12 nitrogen and oxygen atoms in total. The maximum Gasteiger partial charge on any atom is 0.311 e. The number of rotatable bonds is 8. The molecule has 268 valence electrons. The zero-order chi connectivity index (χ0) is 36.4. The van der Waals surface area contributed by atoms with Gasteiger partial charge in [0.1, 0.15) is 41.9 Å². The van der Waals surface area contributed by atoms with Crippen molar-refractivity contribution in [3.63, 3.8) is 0 Å². The molecule has 0 saturated carbocycles. The minimum absolute atomic E-state index is 0.0939. The van der Waals surface area contributed by atoms with Crippen molar-refractivity contribution >= 4 is 23.3 Å². The molecule has 0 radical (unpaired) electrons. The fraction of sp³-hybridized carbons (Fsp3) is 0.462. The number of anilines is 1. The molecule has 51 heavy (non-hydrogen) atoms. The number of nitrogens with zero attached hydrogens (tertiary/aromatic N) is 2. The molecule has 3 N–H and O–H groups in total. The summed E-state index contributed by atoms with van der Waals surface area (Å²) in [6, 6.07) is 13.0. The number of aromatic nitrogens is 2. The van der Waals surface area contributed by atoms with Gasteiger partial charge in [-0.25, -0.2) is 9.97 Å². The quantitative estimate of drug-likeness (QED) is 0.189. The van der Waals surface area contributed by atoms with E-state index >= 15 is 0 Å². The lowest BCUT2D eigenvalue weighted by Gasteiger charge is -2.28. The third-order valence-corrected chi connectivity index (χ3v) is 9.96. The Balaban J connectivity index is 1.41. The van der Waals surface area contributed by atoms with Crippen LogP contribution < -0.4 is 15.4 Å². The number of carbonyl (C=O) groups is 3. The van der Waals surface area contributed by atoms with Crippen LogP contribution in [0.2, 0.25) is 0 Å². The van der Waals surface area contributed by atoms with Crippen molar-refractivity contribution < 1.29 is 37.8 Å². The van der Waals surface area contributed by atoms with Crippen LogP contribution in [0.5, 0.6) is 5.75 Å². The average molecular weight is 697 g/mol. The molecule has 1 spiro atoms. The van der Waals surface area contributed by atoms with Crippen molar-refractivity contribution in [2.75, 3.05) is 5.32 Å². The van der Waals surface area contributed by atoms with E-state index in [4.69, 9.17) is 28.3 Å². The number of nitrogens with one attached hydrogen (secondary N) is 2. The Labute approximate surface area is 296 Å². The molecule has 2 aromatic carbocycles. The molecule has 4 bridgehead atoms. The van der Waals surface area contributed by atoms with Crippen molar-refractivity contribution in [3.8, 4) is 17.3 Å². The van der Waals surface area contributed by atoms with E-state index in [1.165, 1.54) is 6.26 Å². The predicted octanol–water partition coefficient (Wildman–Crippen LogP) is 5.86. The van der Waals surface area contributed by atoms with Crippen molar-refractivity contribution in [1.29, 1.82) is 0 Å². The van der Waals surface area contributed by atoms with Gasteiger partial charge in [0, 0.05) is 23.6 Å². The lowest BCUT2D eigenvalue weighted by atomic mass is 9.72. The van der Waals surface area contributed by atoms with Gasteiger partial charge in [-0.05, 0) is 62.3 Å². The van der Waals surface area contributed by atoms with Crippen molar-refractivity contribution in [1.82, 2.24) is 15.3 Å². The highest BCUT2D eigenvalue weighted by atomic mass is 16.5. The molecule has 0 fully saturated rings. The lowest BCUT2D eigenvalue weighted by Crippen LogP contribution is -2.41. The molecular formula is C39H44N4O8. The van der Waals surface area contributed by atoms with Crippen molar-refractivity contribution in [3.05, 3.63) is 82.8 Å². The molecule has 4 aromatic rings. The molecule has 7 rings (SSSR count). The van der Waals surface area contributed by atoms with Crippen LogP contribution in [0.15, 0.2) is 57.6 Å². The van der Waals surface area contributed by atoms with Crippen LogP contribution in [0.3, 0.4) is 0 Å². The van der Waals surface area contributed by atoms with Gasteiger partial charge < -0.3 is 34.0 Å². The van der Waals surface area contributed by atoms with Crippen LogP contribution in [0.25, 0.3) is 11.6 Å². The number of benzene rings is 2. The SMILES string of the molecule is CC(C)[C@H](O)C(=O)C[C@H]1Cc2ccc3c(c2)C2(c4ccccc4N[C@H]2O3)c2oc(nc2-c2nc(COC(=O)C(C)(C)C)co2)[C@H](C(C)C)NC1=O. The molecule has 2 aromatic heterocycles. The monoisotopic (exact) mass is 696 g/mol. The number of aliphatic hydroxyl groups is 1. The molecule has 12 heteroatoms. The Morgan fingerprint density at radius 2 is 1.82 bits per heavy atom. The highest BCUT2D eigenvalue weighted by molar-refractivity contribution is 5.89. The number of Topliss-reactive ketones (excluding diaryl/α,β-unsaturated/α-hetero) is 1. The summed E-state index contributed by atoms with van der Waals surface area (Å²) in [5.74, 6) is -0.918. The van der Waals surface area contributed by atoms with Crippen molar-refractivity contribution in [2.45, 2.75) is 91.7 Å². The summed E-state index contributed by atoms with van der Waals surface area (Å²) in [4.78, 5) is 49.5. The first-order valence-electron chi connectivity index (χ1n) is 17.5. The van der Waals surface area contributed by atoms with Gasteiger partial charge in [0.15, 0.2) is 23.5 Å². The number of oxazole rings is 2. The van der Waals surface area contributed by atoms with E-state index in [9.17, 15) is 19.5 Å². The number of aliphatic hydroxyl groups excluding tert-OH is 1. The largest absolute Gasteiger partial charge is 0.469 e. The lowest BCUT2D eigenvalue weighted by molar-refractivity contribution is -0.154. The first-order chi connectivity index (χ1) is 24.2. The van der Waals surface area contributed by atoms with Gasteiger partial charge in [0.2, 0.25) is 17.7 Å². The minimum atomic E-state index is -1.18.